The van der Waals surface area contributed by atoms with Gasteiger partial charge in [0.25, 0.3) is 0 Å². The van der Waals surface area contributed by atoms with E-state index in [-0.39, 0.29) is 11.9 Å². The first-order chi connectivity index (χ1) is 7.13. The van der Waals surface area contributed by atoms with Crippen LogP contribution in [0.15, 0.2) is 24.3 Å². The average molecular weight is 270 g/mol. The molecule has 1 N–H and O–H groups in total. The van der Waals surface area contributed by atoms with Gasteiger partial charge in [-0.2, -0.15) is 0 Å². The van der Waals surface area contributed by atoms with E-state index in [1.54, 1.807) is 6.92 Å². The molecule has 0 unspecified atom stereocenters. The molecule has 1 rings (SSSR count). The van der Waals surface area contributed by atoms with Crippen molar-refractivity contribution in [2.24, 2.45) is 0 Å². The van der Waals surface area contributed by atoms with Gasteiger partial charge in [0.15, 0.2) is 0 Å². The first-order valence-electron chi connectivity index (χ1n) is 5.13. The number of carbonyl (C=O) groups is 1. The van der Waals surface area contributed by atoms with E-state index in [0.717, 1.165) is 0 Å². The van der Waals surface area contributed by atoms with Gasteiger partial charge in [-0.3, -0.25) is 0 Å². The fraction of sp³-hybridized carbons (Fsp3) is 0.417. The van der Waals surface area contributed by atoms with Crippen LogP contribution in [0.5, 0.6) is 0 Å². The van der Waals surface area contributed by atoms with Crippen molar-refractivity contribution in [1.82, 2.24) is 5.32 Å². The van der Waals surface area contributed by atoms with Crippen LogP contribution in [0.1, 0.15) is 32.4 Å². The summed E-state index contributed by atoms with van der Waals surface area (Å²) in [6, 6.07) is 8.64. The molecule has 0 aliphatic carbocycles. The van der Waals surface area contributed by atoms with Gasteiger partial charge in [-0.05, 0) is 0 Å². The molecule has 0 fully saturated rings. The van der Waals surface area contributed by atoms with Crippen molar-refractivity contribution in [1.29, 1.82) is 0 Å². The third kappa shape index (κ3) is 4.06. The molecule has 1 amide bonds. The van der Waals surface area contributed by atoms with Crippen LogP contribution < -0.4 is 9.78 Å². The van der Waals surface area contributed by atoms with Crippen LogP contribution >= 0.6 is 0 Å². The summed E-state index contributed by atoms with van der Waals surface area (Å²) >= 11 is 0.593. The average Bonchev–Trinajstić information content (AvgIpc) is 2.18. The van der Waals surface area contributed by atoms with Crippen LogP contribution in [0.2, 0.25) is 5.32 Å². The van der Waals surface area contributed by atoms with Crippen molar-refractivity contribution < 1.29 is 4.79 Å². The Bertz CT molecular complexity index is 321. The summed E-state index contributed by atoms with van der Waals surface area (Å²) in [6.45, 7) is 5.75. The van der Waals surface area contributed by atoms with Gasteiger partial charge >= 0.3 is 97.4 Å². The molecule has 15 heavy (non-hydrogen) atoms. The standard InChI is InChI=1S/C12H17NOSe/c1-4-15-12-7-5-11(6-8-12)9(2)13-10(3)14/h5-9H,4H2,1-3H3,(H,13,14)/t9-/m1/s1. The van der Waals surface area contributed by atoms with E-state index in [4.69, 9.17) is 0 Å². The Balaban J connectivity index is 2.66. The van der Waals surface area contributed by atoms with E-state index < -0.39 is 0 Å². The quantitative estimate of drug-likeness (QED) is 0.828. The topological polar surface area (TPSA) is 29.1 Å². The molecule has 0 spiro atoms. The van der Waals surface area contributed by atoms with Gasteiger partial charge in [0, 0.05) is 0 Å². The fourth-order valence-electron chi connectivity index (χ4n) is 1.41. The van der Waals surface area contributed by atoms with Gasteiger partial charge in [0.05, 0.1) is 0 Å². The van der Waals surface area contributed by atoms with Crippen LogP contribution in [0.25, 0.3) is 0 Å². The summed E-state index contributed by atoms with van der Waals surface area (Å²) in [4.78, 5) is 10.9. The number of amides is 1. The minimum absolute atomic E-state index is 0.0179. The summed E-state index contributed by atoms with van der Waals surface area (Å²) in [7, 11) is 0. The molecule has 0 saturated heterocycles. The summed E-state index contributed by atoms with van der Waals surface area (Å²) in [5.74, 6) is 0.0179. The maximum atomic E-state index is 10.9. The van der Waals surface area contributed by atoms with Gasteiger partial charge < -0.3 is 0 Å². The first kappa shape index (κ1) is 12.3. The molecule has 3 heteroatoms. The van der Waals surface area contributed by atoms with Crippen molar-refractivity contribution in [2.45, 2.75) is 32.1 Å². The minimum atomic E-state index is 0.0179. The van der Waals surface area contributed by atoms with Crippen LogP contribution in [0.3, 0.4) is 0 Å². The second-order valence-electron chi connectivity index (χ2n) is 3.42. The Hall–Kier alpha value is -0.791. The predicted octanol–water partition coefficient (Wildman–Crippen LogP) is 1.65. The Labute approximate surface area is 97.6 Å². The molecule has 1 aromatic rings. The van der Waals surface area contributed by atoms with Crippen molar-refractivity contribution in [2.75, 3.05) is 0 Å². The zero-order valence-corrected chi connectivity index (χ0v) is 11.1. The van der Waals surface area contributed by atoms with Gasteiger partial charge in [-0.1, -0.05) is 0 Å². The van der Waals surface area contributed by atoms with E-state index in [2.05, 4.69) is 36.5 Å². The van der Waals surface area contributed by atoms with Crippen LogP contribution in [0.4, 0.5) is 0 Å². The van der Waals surface area contributed by atoms with Crippen LogP contribution in [-0.4, -0.2) is 20.9 Å². The van der Waals surface area contributed by atoms with Crippen molar-refractivity contribution in [3.8, 4) is 0 Å². The van der Waals surface area contributed by atoms with E-state index in [0.29, 0.717) is 15.0 Å². The van der Waals surface area contributed by atoms with Gasteiger partial charge in [-0.15, -0.1) is 0 Å². The molecule has 0 aliphatic heterocycles. The van der Waals surface area contributed by atoms with E-state index >= 15 is 0 Å². The normalized spacial score (nSPS) is 12.2. The number of nitrogens with one attached hydrogen (secondary N) is 1. The summed E-state index contributed by atoms with van der Waals surface area (Å²) in [6.07, 6.45) is 0. The Morgan fingerprint density at radius 3 is 2.47 bits per heavy atom. The number of benzene rings is 1. The molecule has 0 heterocycles. The third-order valence-electron chi connectivity index (χ3n) is 2.11. The SMILES string of the molecule is CC[Se]c1ccc([C@@H](C)NC(C)=O)cc1. The zero-order chi connectivity index (χ0) is 11.3. The molecule has 0 aliphatic rings. The number of rotatable bonds is 4. The van der Waals surface area contributed by atoms with Crippen LogP contribution in [-0.2, 0) is 4.79 Å². The second-order valence-corrected chi connectivity index (χ2v) is 6.23. The number of carbonyl (C=O) groups excluding carboxylic acids is 1. The van der Waals surface area contributed by atoms with E-state index in [1.807, 2.05) is 6.92 Å². The molecule has 0 aromatic heterocycles. The second kappa shape index (κ2) is 5.94. The molecular formula is C12H17NOSe. The third-order valence-corrected chi connectivity index (χ3v) is 3.99. The molecule has 1 aromatic carbocycles. The first-order valence-corrected chi connectivity index (χ1v) is 7.20. The number of hydrogen-bond acceptors (Lipinski definition) is 1. The Morgan fingerprint density at radius 2 is 2.00 bits per heavy atom. The molecule has 1 atom stereocenters. The van der Waals surface area contributed by atoms with E-state index in [1.165, 1.54) is 15.3 Å². The fourth-order valence-corrected chi connectivity index (χ4v) is 2.80. The van der Waals surface area contributed by atoms with E-state index in [9.17, 15) is 4.79 Å². The monoisotopic (exact) mass is 271 g/mol. The summed E-state index contributed by atoms with van der Waals surface area (Å²) in [5, 5.41) is 4.11. The molecule has 82 valence electrons. The summed E-state index contributed by atoms with van der Waals surface area (Å²) in [5.41, 5.74) is 1.17. The van der Waals surface area contributed by atoms with Crippen molar-refractivity contribution in [3.63, 3.8) is 0 Å². The molecule has 0 radical (unpaired) electrons. The van der Waals surface area contributed by atoms with Gasteiger partial charge in [0.1, 0.15) is 0 Å². The molecule has 0 saturated carbocycles. The molecule has 0 bridgehead atoms. The molecule has 2 nitrogen and oxygen atoms in total. The van der Waals surface area contributed by atoms with Crippen LogP contribution in [0, 0.1) is 0 Å². The number of hydrogen-bond donors (Lipinski definition) is 1. The predicted molar refractivity (Wildman–Crippen MR) is 64.5 cm³/mol. The molecular weight excluding hydrogens is 253 g/mol. The van der Waals surface area contributed by atoms with Crippen molar-refractivity contribution in [3.05, 3.63) is 29.8 Å². The van der Waals surface area contributed by atoms with Gasteiger partial charge in [-0.25, -0.2) is 0 Å². The Kier molecular flexibility index (Phi) is 4.86. The van der Waals surface area contributed by atoms with Crippen molar-refractivity contribution >= 4 is 25.3 Å². The zero-order valence-electron chi connectivity index (χ0n) is 9.41. The maximum absolute atomic E-state index is 10.9. The Morgan fingerprint density at radius 1 is 1.40 bits per heavy atom. The van der Waals surface area contributed by atoms with Gasteiger partial charge in [0.2, 0.25) is 0 Å². The summed E-state index contributed by atoms with van der Waals surface area (Å²) < 4.78 is 1.42.